The second-order valence-electron chi connectivity index (χ2n) is 3.98. The molecule has 0 unspecified atom stereocenters. The van der Waals surface area contributed by atoms with Crippen molar-refractivity contribution in [1.29, 1.82) is 0 Å². The van der Waals surface area contributed by atoms with Gasteiger partial charge >= 0.3 is 0 Å². The van der Waals surface area contributed by atoms with Crippen molar-refractivity contribution in [3.63, 3.8) is 0 Å². The van der Waals surface area contributed by atoms with Crippen LogP contribution in [0.1, 0.15) is 15.9 Å². The van der Waals surface area contributed by atoms with E-state index in [1.807, 2.05) is 19.1 Å². The monoisotopic (exact) mass is 323 g/mol. The molecule has 6 heteroatoms. The van der Waals surface area contributed by atoms with Gasteiger partial charge in [0.2, 0.25) is 0 Å². The second kappa shape index (κ2) is 5.36. The first-order valence-electron chi connectivity index (χ1n) is 5.46. The summed E-state index contributed by atoms with van der Waals surface area (Å²) in [5, 5.41) is 2.66. The summed E-state index contributed by atoms with van der Waals surface area (Å²) in [6.45, 7) is 1.90. The molecule has 1 amide bonds. The summed E-state index contributed by atoms with van der Waals surface area (Å²) in [5.41, 5.74) is 7.14. The molecule has 0 fully saturated rings. The van der Waals surface area contributed by atoms with E-state index >= 15 is 0 Å². The molecule has 0 radical (unpaired) electrons. The zero-order valence-electron chi connectivity index (χ0n) is 10.1. The van der Waals surface area contributed by atoms with Crippen LogP contribution in [-0.2, 0) is 0 Å². The highest BCUT2D eigenvalue weighted by Gasteiger charge is 2.14. The largest absolute Gasteiger partial charge is 0.383 e. The van der Waals surface area contributed by atoms with Gasteiger partial charge in [0.1, 0.15) is 11.6 Å². The van der Waals surface area contributed by atoms with E-state index in [0.717, 1.165) is 22.3 Å². The number of nitrogens with one attached hydrogen (secondary N) is 1. The van der Waals surface area contributed by atoms with Crippen molar-refractivity contribution in [2.45, 2.75) is 6.92 Å². The van der Waals surface area contributed by atoms with Crippen LogP contribution in [0.5, 0.6) is 0 Å². The molecule has 4 nitrogen and oxygen atoms in total. The standard InChI is InChI=1S/C13H11BrFN3O/c1-7-3-2-4-10(11(7)14)18-13(19)9-5-8(15)6-17-12(9)16/h2-6H,1H3,(H2,16,17)(H,18,19). The van der Waals surface area contributed by atoms with E-state index in [4.69, 9.17) is 5.73 Å². The fourth-order valence-electron chi connectivity index (χ4n) is 1.57. The lowest BCUT2D eigenvalue weighted by molar-refractivity contribution is 0.102. The fraction of sp³-hybridized carbons (Fsp3) is 0.0769. The van der Waals surface area contributed by atoms with Gasteiger partial charge in [0.25, 0.3) is 5.91 Å². The molecule has 0 saturated carbocycles. The number of pyridine rings is 1. The van der Waals surface area contributed by atoms with Crippen molar-refractivity contribution in [3.8, 4) is 0 Å². The van der Waals surface area contributed by atoms with Crippen LogP contribution in [0.25, 0.3) is 0 Å². The zero-order chi connectivity index (χ0) is 14.0. The summed E-state index contributed by atoms with van der Waals surface area (Å²) in [6, 6.07) is 6.50. The highest BCUT2D eigenvalue weighted by molar-refractivity contribution is 9.10. The van der Waals surface area contributed by atoms with E-state index in [-0.39, 0.29) is 11.4 Å². The molecule has 3 N–H and O–H groups in total. The van der Waals surface area contributed by atoms with Gasteiger partial charge in [0, 0.05) is 4.47 Å². The number of amides is 1. The predicted molar refractivity (Wildman–Crippen MR) is 75.4 cm³/mol. The lowest BCUT2D eigenvalue weighted by Crippen LogP contribution is -2.15. The smallest absolute Gasteiger partial charge is 0.259 e. The first kappa shape index (κ1) is 13.5. The Kier molecular flexibility index (Phi) is 3.80. The van der Waals surface area contributed by atoms with E-state index in [0.29, 0.717) is 5.69 Å². The van der Waals surface area contributed by atoms with Crippen LogP contribution in [0, 0.1) is 12.7 Å². The zero-order valence-corrected chi connectivity index (χ0v) is 11.7. The topological polar surface area (TPSA) is 68.0 Å². The van der Waals surface area contributed by atoms with E-state index in [9.17, 15) is 9.18 Å². The lowest BCUT2D eigenvalue weighted by Gasteiger charge is -2.10. The summed E-state index contributed by atoms with van der Waals surface area (Å²) < 4.78 is 13.9. The van der Waals surface area contributed by atoms with Crippen molar-refractivity contribution < 1.29 is 9.18 Å². The number of carbonyl (C=O) groups is 1. The van der Waals surface area contributed by atoms with Gasteiger partial charge in [-0.05, 0) is 40.5 Å². The first-order chi connectivity index (χ1) is 8.99. The van der Waals surface area contributed by atoms with Crippen LogP contribution in [0.15, 0.2) is 34.9 Å². The number of benzene rings is 1. The number of rotatable bonds is 2. The number of nitrogens with zero attached hydrogens (tertiary/aromatic N) is 1. The average Bonchev–Trinajstić information content (AvgIpc) is 2.38. The van der Waals surface area contributed by atoms with E-state index in [1.54, 1.807) is 6.07 Å². The van der Waals surface area contributed by atoms with Crippen LogP contribution in [0.2, 0.25) is 0 Å². The number of aryl methyl sites for hydroxylation is 1. The summed E-state index contributed by atoms with van der Waals surface area (Å²) in [6.07, 6.45) is 0.967. The van der Waals surface area contributed by atoms with E-state index in [1.165, 1.54) is 0 Å². The number of hydrogen-bond acceptors (Lipinski definition) is 3. The second-order valence-corrected chi connectivity index (χ2v) is 4.77. The molecule has 0 aliphatic heterocycles. The number of aromatic nitrogens is 1. The van der Waals surface area contributed by atoms with Crippen molar-refractivity contribution in [3.05, 3.63) is 51.9 Å². The molecule has 2 rings (SSSR count). The van der Waals surface area contributed by atoms with Gasteiger partial charge in [0.05, 0.1) is 17.4 Å². The Balaban J connectivity index is 2.31. The molecule has 0 saturated heterocycles. The minimum atomic E-state index is -0.609. The Morgan fingerprint density at radius 1 is 1.47 bits per heavy atom. The first-order valence-corrected chi connectivity index (χ1v) is 6.26. The van der Waals surface area contributed by atoms with Crippen LogP contribution in [0.3, 0.4) is 0 Å². The molecule has 1 aromatic heterocycles. The Labute approximate surface area is 118 Å². The molecule has 0 spiro atoms. The molecule has 0 atom stereocenters. The summed E-state index contributed by atoms with van der Waals surface area (Å²) in [7, 11) is 0. The summed E-state index contributed by atoms with van der Waals surface area (Å²) in [4.78, 5) is 15.6. The van der Waals surface area contributed by atoms with Gasteiger partial charge in [-0.25, -0.2) is 9.37 Å². The van der Waals surface area contributed by atoms with Crippen molar-refractivity contribution >= 4 is 33.3 Å². The molecule has 1 heterocycles. The molecule has 0 aliphatic rings. The number of carbonyl (C=O) groups excluding carboxylic acids is 1. The molecule has 0 aliphatic carbocycles. The number of nitrogens with two attached hydrogens (primary N) is 1. The SMILES string of the molecule is Cc1cccc(NC(=O)c2cc(F)cnc2N)c1Br. The van der Waals surface area contributed by atoms with Crippen LogP contribution in [-0.4, -0.2) is 10.9 Å². The maximum Gasteiger partial charge on any atom is 0.259 e. The van der Waals surface area contributed by atoms with E-state index < -0.39 is 11.7 Å². The third-order valence-electron chi connectivity index (χ3n) is 2.57. The number of anilines is 2. The maximum absolute atomic E-state index is 13.1. The Morgan fingerprint density at radius 3 is 2.95 bits per heavy atom. The van der Waals surface area contributed by atoms with Crippen LogP contribution >= 0.6 is 15.9 Å². The summed E-state index contributed by atoms with van der Waals surface area (Å²) in [5.74, 6) is -1.12. The van der Waals surface area contributed by atoms with Crippen molar-refractivity contribution in [2.24, 2.45) is 0 Å². The van der Waals surface area contributed by atoms with Gasteiger partial charge < -0.3 is 11.1 Å². The minimum absolute atomic E-state index is 0.00778. The quantitative estimate of drug-likeness (QED) is 0.892. The number of halogens is 2. The van der Waals surface area contributed by atoms with Gasteiger partial charge in [-0.3, -0.25) is 4.79 Å². The molecule has 98 valence electrons. The maximum atomic E-state index is 13.1. The van der Waals surface area contributed by atoms with Crippen molar-refractivity contribution in [1.82, 2.24) is 4.98 Å². The molecule has 2 aromatic rings. The molecule has 0 bridgehead atoms. The molecule has 1 aromatic carbocycles. The third kappa shape index (κ3) is 2.90. The normalized spacial score (nSPS) is 10.3. The summed E-state index contributed by atoms with van der Waals surface area (Å²) >= 11 is 3.38. The highest BCUT2D eigenvalue weighted by Crippen LogP contribution is 2.26. The van der Waals surface area contributed by atoms with E-state index in [2.05, 4.69) is 26.2 Å². The highest BCUT2D eigenvalue weighted by atomic mass is 79.9. The van der Waals surface area contributed by atoms with Crippen LogP contribution in [0.4, 0.5) is 15.9 Å². The average molecular weight is 324 g/mol. The minimum Gasteiger partial charge on any atom is -0.383 e. The lowest BCUT2D eigenvalue weighted by atomic mass is 10.2. The third-order valence-corrected chi connectivity index (χ3v) is 3.62. The number of nitrogen functional groups attached to an aromatic ring is 1. The predicted octanol–water partition coefficient (Wildman–Crippen LogP) is 3.13. The molecule has 19 heavy (non-hydrogen) atoms. The Hall–Kier alpha value is -1.95. The fourth-order valence-corrected chi connectivity index (χ4v) is 1.93. The van der Waals surface area contributed by atoms with Gasteiger partial charge in [-0.1, -0.05) is 12.1 Å². The van der Waals surface area contributed by atoms with Gasteiger partial charge in [-0.15, -0.1) is 0 Å². The van der Waals surface area contributed by atoms with Gasteiger partial charge in [0.15, 0.2) is 0 Å². The number of hydrogen-bond donors (Lipinski definition) is 2. The van der Waals surface area contributed by atoms with Gasteiger partial charge in [-0.2, -0.15) is 0 Å². The Bertz CT molecular complexity index is 646. The molecular formula is C13H11BrFN3O. The molecular weight excluding hydrogens is 313 g/mol. The van der Waals surface area contributed by atoms with Crippen LogP contribution < -0.4 is 11.1 Å². The Morgan fingerprint density at radius 2 is 2.21 bits per heavy atom. The van der Waals surface area contributed by atoms with Crippen molar-refractivity contribution in [2.75, 3.05) is 11.1 Å².